The lowest BCUT2D eigenvalue weighted by Crippen LogP contribution is -2.34. The number of nitrogens with zero attached hydrogens (tertiary/aromatic N) is 1. The summed E-state index contributed by atoms with van der Waals surface area (Å²) in [6, 6.07) is 6.85. The van der Waals surface area contributed by atoms with Crippen molar-refractivity contribution in [2.24, 2.45) is 0 Å². The van der Waals surface area contributed by atoms with E-state index in [-0.39, 0.29) is 18.3 Å². The molecule has 0 aliphatic carbocycles. The summed E-state index contributed by atoms with van der Waals surface area (Å²) < 4.78 is 31.3. The number of hydrogen-bond donors (Lipinski definition) is 0. The molecule has 0 unspecified atom stereocenters. The van der Waals surface area contributed by atoms with Gasteiger partial charge in [-0.15, -0.1) is 11.3 Å². The van der Waals surface area contributed by atoms with Gasteiger partial charge < -0.3 is 9.64 Å². The molecular formula is C15H15F2NO2S. The smallest absolute Gasteiger partial charge is 0.260 e. The zero-order valence-corrected chi connectivity index (χ0v) is 12.3. The molecule has 1 amide bonds. The van der Waals surface area contributed by atoms with E-state index >= 15 is 0 Å². The minimum atomic E-state index is -0.816. The van der Waals surface area contributed by atoms with Crippen LogP contribution in [-0.2, 0) is 11.3 Å². The predicted octanol–water partition coefficient (Wildman–Crippen LogP) is 3.45. The van der Waals surface area contributed by atoms with Crippen LogP contribution in [-0.4, -0.2) is 24.0 Å². The van der Waals surface area contributed by atoms with Crippen LogP contribution in [0.5, 0.6) is 5.75 Å². The minimum Gasteiger partial charge on any atom is -0.481 e. The maximum absolute atomic E-state index is 13.4. The van der Waals surface area contributed by atoms with Gasteiger partial charge in [0.15, 0.2) is 18.2 Å². The number of carbonyl (C=O) groups excluding carboxylic acids is 1. The summed E-state index contributed by atoms with van der Waals surface area (Å²) in [5.74, 6) is -1.87. The minimum absolute atomic E-state index is 0.128. The van der Waals surface area contributed by atoms with Gasteiger partial charge in [0.25, 0.3) is 5.91 Å². The molecule has 0 spiro atoms. The highest BCUT2D eigenvalue weighted by molar-refractivity contribution is 7.09. The zero-order chi connectivity index (χ0) is 15.2. The summed E-state index contributed by atoms with van der Waals surface area (Å²) in [5.41, 5.74) is 0. The monoisotopic (exact) mass is 311 g/mol. The normalized spacial score (nSPS) is 10.4. The number of rotatable bonds is 6. The summed E-state index contributed by atoms with van der Waals surface area (Å²) in [5, 5.41) is 1.94. The number of ether oxygens (including phenoxy) is 1. The predicted molar refractivity (Wildman–Crippen MR) is 77.3 cm³/mol. The molecule has 0 N–H and O–H groups in total. The van der Waals surface area contributed by atoms with E-state index in [0.29, 0.717) is 13.1 Å². The Morgan fingerprint density at radius 3 is 2.76 bits per heavy atom. The van der Waals surface area contributed by atoms with Gasteiger partial charge in [0.05, 0.1) is 6.54 Å². The highest BCUT2D eigenvalue weighted by Crippen LogP contribution is 2.18. The third kappa shape index (κ3) is 4.26. The molecule has 0 atom stereocenters. The summed E-state index contributed by atoms with van der Waals surface area (Å²) in [6.07, 6.45) is 0. The lowest BCUT2D eigenvalue weighted by atomic mass is 10.3. The average Bonchev–Trinajstić information content (AvgIpc) is 2.96. The number of amides is 1. The van der Waals surface area contributed by atoms with E-state index in [4.69, 9.17) is 4.74 Å². The van der Waals surface area contributed by atoms with Crippen LogP contribution in [0.4, 0.5) is 8.78 Å². The van der Waals surface area contributed by atoms with Crippen LogP contribution < -0.4 is 4.74 Å². The standard InChI is InChI=1S/C15H15F2NO2S/c1-2-18(9-12-4-3-7-21-12)15(19)10-20-14-6-5-11(16)8-13(14)17/h3-8H,2,9-10H2,1H3. The molecule has 0 radical (unpaired) electrons. The third-order valence-corrected chi connectivity index (χ3v) is 3.77. The van der Waals surface area contributed by atoms with Crippen molar-refractivity contribution >= 4 is 17.2 Å². The Morgan fingerprint density at radius 1 is 1.33 bits per heavy atom. The molecule has 2 aromatic rings. The van der Waals surface area contributed by atoms with Gasteiger partial charge in [-0.2, -0.15) is 0 Å². The van der Waals surface area contributed by atoms with Gasteiger partial charge in [-0.3, -0.25) is 4.79 Å². The Morgan fingerprint density at radius 2 is 2.14 bits per heavy atom. The molecule has 112 valence electrons. The Balaban J connectivity index is 1.93. The van der Waals surface area contributed by atoms with Crippen LogP contribution >= 0.6 is 11.3 Å². The van der Waals surface area contributed by atoms with Crippen molar-refractivity contribution in [3.63, 3.8) is 0 Å². The highest BCUT2D eigenvalue weighted by atomic mass is 32.1. The lowest BCUT2D eigenvalue weighted by Gasteiger charge is -2.20. The van der Waals surface area contributed by atoms with Gasteiger partial charge in [-0.05, 0) is 30.5 Å². The van der Waals surface area contributed by atoms with E-state index in [0.717, 1.165) is 17.0 Å². The van der Waals surface area contributed by atoms with E-state index in [1.165, 1.54) is 6.07 Å². The summed E-state index contributed by atoms with van der Waals surface area (Å²) >= 11 is 1.57. The molecule has 2 rings (SSSR count). The average molecular weight is 311 g/mol. The summed E-state index contributed by atoms with van der Waals surface area (Å²) in [4.78, 5) is 14.7. The second-order valence-corrected chi connectivity index (χ2v) is 5.38. The van der Waals surface area contributed by atoms with E-state index < -0.39 is 11.6 Å². The summed E-state index contributed by atoms with van der Waals surface area (Å²) in [7, 11) is 0. The molecule has 1 aromatic heterocycles. The van der Waals surface area contributed by atoms with Crippen LogP contribution in [0.3, 0.4) is 0 Å². The Kier molecular flexibility index (Phi) is 5.27. The Labute approximate surface area is 125 Å². The number of benzene rings is 1. The fourth-order valence-corrected chi connectivity index (χ4v) is 2.51. The van der Waals surface area contributed by atoms with Crippen LogP contribution in [0, 0.1) is 11.6 Å². The third-order valence-electron chi connectivity index (χ3n) is 2.91. The zero-order valence-electron chi connectivity index (χ0n) is 11.5. The molecule has 1 aromatic carbocycles. The molecule has 0 saturated heterocycles. The SMILES string of the molecule is CCN(Cc1cccs1)C(=O)COc1ccc(F)cc1F. The fraction of sp³-hybridized carbons (Fsp3) is 0.267. The Hall–Kier alpha value is -1.95. The van der Waals surface area contributed by atoms with Crippen molar-refractivity contribution in [3.8, 4) is 5.75 Å². The molecule has 0 aliphatic heterocycles. The van der Waals surface area contributed by atoms with Gasteiger partial charge in [0.2, 0.25) is 0 Å². The quantitative estimate of drug-likeness (QED) is 0.818. The van der Waals surface area contributed by atoms with E-state index in [1.54, 1.807) is 16.2 Å². The number of likely N-dealkylation sites (N-methyl/N-ethyl adjacent to an activating group) is 1. The number of hydrogen-bond acceptors (Lipinski definition) is 3. The van der Waals surface area contributed by atoms with E-state index in [2.05, 4.69) is 0 Å². The lowest BCUT2D eigenvalue weighted by molar-refractivity contribution is -0.133. The molecule has 21 heavy (non-hydrogen) atoms. The maximum Gasteiger partial charge on any atom is 0.260 e. The topological polar surface area (TPSA) is 29.5 Å². The van der Waals surface area contributed by atoms with E-state index in [1.807, 2.05) is 24.4 Å². The first-order chi connectivity index (χ1) is 10.1. The van der Waals surface area contributed by atoms with Crippen molar-refractivity contribution in [1.29, 1.82) is 0 Å². The van der Waals surface area contributed by atoms with Crippen molar-refractivity contribution in [1.82, 2.24) is 4.90 Å². The van der Waals surface area contributed by atoms with E-state index in [9.17, 15) is 13.6 Å². The second-order valence-electron chi connectivity index (χ2n) is 4.35. The Bertz CT molecular complexity index is 602. The van der Waals surface area contributed by atoms with Crippen LogP contribution in [0.1, 0.15) is 11.8 Å². The van der Waals surface area contributed by atoms with Crippen LogP contribution in [0.15, 0.2) is 35.7 Å². The first kappa shape index (κ1) is 15.4. The summed E-state index contributed by atoms with van der Waals surface area (Å²) in [6.45, 7) is 2.63. The molecule has 0 saturated carbocycles. The first-order valence-corrected chi connectivity index (χ1v) is 7.36. The fourth-order valence-electron chi connectivity index (χ4n) is 1.79. The molecule has 1 heterocycles. The van der Waals surface area contributed by atoms with Gasteiger partial charge in [-0.25, -0.2) is 8.78 Å². The van der Waals surface area contributed by atoms with Crippen molar-refractivity contribution in [3.05, 3.63) is 52.2 Å². The molecule has 0 bridgehead atoms. The second kappa shape index (κ2) is 7.17. The van der Waals surface area contributed by atoms with Crippen molar-refractivity contribution in [2.75, 3.05) is 13.2 Å². The number of carbonyl (C=O) groups is 1. The first-order valence-electron chi connectivity index (χ1n) is 6.48. The maximum atomic E-state index is 13.4. The molecule has 0 fully saturated rings. The van der Waals surface area contributed by atoms with Crippen LogP contribution in [0.2, 0.25) is 0 Å². The molecular weight excluding hydrogens is 296 g/mol. The molecule has 3 nitrogen and oxygen atoms in total. The van der Waals surface area contributed by atoms with Crippen molar-refractivity contribution in [2.45, 2.75) is 13.5 Å². The van der Waals surface area contributed by atoms with Gasteiger partial charge in [0.1, 0.15) is 5.82 Å². The largest absolute Gasteiger partial charge is 0.481 e. The number of halogens is 2. The molecule has 0 aliphatic rings. The van der Waals surface area contributed by atoms with Gasteiger partial charge in [0, 0.05) is 17.5 Å². The number of thiophene rings is 1. The van der Waals surface area contributed by atoms with Crippen molar-refractivity contribution < 1.29 is 18.3 Å². The van der Waals surface area contributed by atoms with Crippen LogP contribution in [0.25, 0.3) is 0 Å². The molecule has 6 heteroatoms. The van der Waals surface area contributed by atoms with Gasteiger partial charge in [-0.1, -0.05) is 6.07 Å². The highest BCUT2D eigenvalue weighted by Gasteiger charge is 2.14. The van der Waals surface area contributed by atoms with Gasteiger partial charge >= 0.3 is 0 Å².